The lowest BCUT2D eigenvalue weighted by molar-refractivity contribution is -0.125. The molecule has 0 saturated heterocycles. The second-order valence-electron chi connectivity index (χ2n) is 8.59. The van der Waals surface area contributed by atoms with E-state index in [-0.39, 0.29) is 22.3 Å². The quantitative estimate of drug-likeness (QED) is 0.386. The van der Waals surface area contributed by atoms with Crippen molar-refractivity contribution in [1.82, 2.24) is 5.32 Å². The van der Waals surface area contributed by atoms with Crippen LogP contribution in [0.2, 0.25) is 0 Å². The topological polar surface area (TPSA) is 98.8 Å². The first-order valence-corrected chi connectivity index (χ1v) is 12.8. The lowest BCUT2D eigenvalue weighted by atomic mass is 9.88. The smallest absolute Gasteiger partial charge is 0.342 e. The van der Waals surface area contributed by atoms with Crippen LogP contribution in [-0.4, -0.2) is 26.9 Å². The van der Waals surface area contributed by atoms with Crippen molar-refractivity contribution in [1.29, 1.82) is 0 Å². The normalized spacial score (nSPS) is 15.1. The molecule has 3 aromatic rings. The average Bonchev–Trinajstić information content (AvgIpc) is 2.84. The first-order chi connectivity index (χ1) is 16.7. The van der Waals surface area contributed by atoms with Crippen molar-refractivity contribution in [3.05, 3.63) is 94.5 Å². The van der Waals surface area contributed by atoms with Crippen LogP contribution in [0.3, 0.4) is 0 Å². The van der Waals surface area contributed by atoms with Crippen molar-refractivity contribution in [2.24, 2.45) is 0 Å². The molecule has 35 heavy (non-hydrogen) atoms. The maximum Gasteiger partial charge on any atom is 0.342 e. The molecular weight excluding hydrogens is 466 g/mol. The summed E-state index contributed by atoms with van der Waals surface area (Å²) in [6.07, 6.45) is 2.74. The van der Waals surface area contributed by atoms with Gasteiger partial charge in [-0.15, -0.1) is 0 Å². The van der Waals surface area contributed by atoms with Gasteiger partial charge in [-0.2, -0.15) is 8.42 Å². The van der Waals surface area contributed by atoms with Gasteiger partial charge >= 0.3 is 16.1 Å². The fourth-order valence-corrected chi connectivity index (χ4v) is 5.46. The van der Waals surface area contributed by atoms with Crippen molar-refractivity contribution < 1.29 is 26.9 Å². The Bertz CT molecular complexity index is 1370. The summed E-state index contributed by atoms with van der Waals surface area (Å²) in [7, 11) is -4.19. The Labute approximate surface area is 205 Å². The molecule has 0 bridgehead atoms. The Morgan fingerprint density at radius 1 is 1.00 bits per heavy atom. The van der Waals surface area contributed by atoms with E-state index in [1.165, 1.54) is 23.8 Å². The highest BCUT2D eigenvalue weighted by molar-refractivity contribution is 7.87. The molecule has 4 rings (SSSR count). The van der Waals surface area contributed by atoms with Crippen molar-refractivity contribution in [2.45, 2.75) is 44.0 Å². The number of para-hydroxylation sites is 1. The van der Waals surface area contributed by atoms with Crippen LogP contribution in [0, 0.1) is 13.8 Å². The van der Waals surface area contributed by atoms with E-state index in [0.29, 0.717) is 5.56 Å². The minimum atomic E-state index is -4.19. The van der Waals surface area contributed by atoms with Crippen LogP contribution in [0.1, 0.15) is 51.5 Å². The molecular formula is C27H27NO6S. The number of carbonyl (C=O) groups excluding carboxylic acids is 2. The molecule has 8 heteroatoms. The molecule has 0 radical (unpaired) electrons. The predicted molar refractivity (Wildman–Crippen MR) is 131 cm³/mol. The van der Waals surface area contributed by atoms with Crippen molar-refractivity contribution in [2.75, 3.05) is 6.61 Å². The van der Waals surface area contributed by atoms with Gasteiger partial charge in [-0.05, 0) is 73.6 Å². The van der Waals surface area contributed by atoms with Crippen LogP contribution >= 0.6 is 0 Å². The third-order valence-corrected chi connectivity index (χ3v) is 7.34. The summed E-state index contributed by atoms with van der Waals surface area (Å²) in [5.41, 5.74) is 3.48. The van der Waals surface area contributed by atoms with Gasteiger partial charge in [-0.25, -0.2) is 4.79 Å². The highest BCUT2D eigenvalue weighted by Crippen LogP contribution is 2.29. The molecule has 0 unspecified atom stereocenters. The summed E-state index contributed by atoms with van der Waals surface area (Å²) in [4.78, 5) is 25.3. The summed E-state index contributed by atoms with van der Waals surface area (Å²) in [5, 5.41) is 2.92. The fourth-order valence-electron chi connectivity index (χ4n) is 4.20. The lowest BCUT2D eigenvalue weighted by Gasteiger charge is -2.26. The molecule has 1 aliphatic rings. The van der Waals surface area contributed by atoms with Gasteiger partial charge in [0.15, 0.2) is 12.4 Å². The van der Waals surface area contributed by atoms with Gasteiger partial charge in [0.05, 0.1) is 6.04 Å². The number of fused-ring (bicyclic) bond motifs is 1. The summed E-state index contributed by atoms with van der Waals surface area (Å²) >= 11 is 0. The van der Waals surface area contributed by atoms with E-state index in [0.717, 1.165) is 30.4 Å². The fraction of sp³-hybridized carbons (Fsp3) is 0.259. The van der Waals surface area contributed by atoms with E-state index in [9.17, 15) is 18.0 Å². The largest absolute Gasteiger partial charge is 0.452 e. The van der Waals surface area contributed by atoms with E-state index in [2.05, 4.69) is 11.4 Å². The second kappa shape index (κ2) is 10.3. The maximum atomic E-state index is 12.9. The molecule has 182 valence electrons. The average molecular weight is 494 g/mol. The third kappa shape index (κ3) is 5.71. The summed E-state index contributed by atoms with van der Waals surface area (Å²) < 4.78 is 36.3. The molecule has 1 aliphatic carbocycles. The van der Waals surface area contributed by atoms with Crippen molar-refractivity contribution >= 4 is 22.0 Å². The van der Waals surface area contributed by atoms with Crippen LogP contribution in [0.5, 0.6) is 5.75 Å². The van der Waals surface area contributed by atoms with E-state index >= 15 is 0 Å². The number of carbonyl (C=O) groups is 2. The van der Waals surface area contributed by atoms with Gasteiger partial charge in [0.25, 0.3) is 5.91 Å². The van der Waals surface area contributed by atoms with Crippen molar-refractivity contribution in [3.8, 4) is 5.75 Å². The number of aryl methyl sites for hydroxylation is 3. The van der Waals surface area contributed by atoms with E-state index in [1.807, 2.05) is 18.2 Å². The van der Waals surface area contributed by atoms with Gasteiger partial charge in [0.2, 0.25) is 0 Å². The number of esters is 1. The first-order valence-electron chi connectivity index (χ1n) is 11.4. The molecule has 0 saturated carbocycles. The summed E-state index contributed by atoms with van der Waals surface area (Å²) in [6.45, 7) is 2.95. The van der Waals surface area contributed by atoms with E-state index in [1.54, 1.807) is 38.1 Å². The highest BCUT2D eigenvalue weighted by atomic mass is 32.2. The molecule has 1 atom stereocenters. The van der Waals surface area contributed by atoms with Gasteiger partial charge < -0.3 is 14.2 Å². The molecule has 0 fully saturated rings. The molecule has 0 spiro atoms. The zero-order chi connectivity index (χ0) is 25.0. The number of ether oxygens (including phenoxy) is 1. The summed E-state index contributed by atoms with van der Waals surface area (Å²) in [6, 6.07) is 18.7. The Hall–Kier alpha value is -3.65. The molecule has 1 N–H and O–H groups in total. The number of rotatable bonds is 7. The third-order valence-electron chi connectivity index (χ3n) is 5.96. The Morgan fingerprint density at radius 3 is 2.57 bits per heavy atom. The van der Waals surface area contributed by atoms with Gasteiger partial charge in [-0.1, -0.05) is 48.5 Å². The molecule has 0 aromatic heterocycles. The zero-order valence-electron chi connectivity index (χ0n) is 19.6. The van der Waals surface area contributed by atoms with Gasteiger partial charge in [-0.3, -0.25) is 4.79 Å². The van der Waals surface area contributed by atoms with Crippen molar-refractivity contribution in [3.63, 3.8) is 0 Å². The molecule has 3 aromatic carbocycles. The number of hydrogen-bond acceptors (Lipinski definition) is 6. The first kappa shape index (κ1) is 24.5. The Kier molecular flexibility index (Phi) is 7.21. The predicted octanol–water partition coefficient (Wildman–Crippen LogP) is 4.42. The number of nitrogens with one attached hydrogen (secondary N) is 1. The van der Waals surface area contributed by atoms with Gasteiger partial charge in [0.1, 0.15) is 10.5 Å². The molecule has 0 heterocycles. The SMILES string of the molecule is Cc1ccc(C)c(S(=O)(=O)Oc2ccccc2C(=O)OCC(=O)N[C@@H]2CCCc3ccccc32)c1. The number of amides is 1. The van der Waals surface area contributed by atoms with Gasteiger partial charge in [0, 0.05) is 0 Å². The van der Waals surface area contributed by atoms with Crippen LogP contribution in [0.15, 0.2) is 71.6 Å². The Balaban J connectivity index is 1.43. The van der Waals surface area contributed by atoms with Crippen LogP contribution in [0.4, 0.5) is 0 Å². The number of benzene rings is 3. The zero-order valence-corrected chi connectivity index (χ0v) is 20.4. The Morgan fingerprint density at radius 2 is 1.74 bits per heavy atom. The number of hydrogen-bond donors (Lipinski definition) is 1. The highest BCUT2D eigenvalue weighted by Gasteiger charge is 2.25. The second-order valence-corrected chi connectivity index (χ2v) is 10.1. The lowest BCUT2D eigenvalue weighted by Crippen LogP contribution is -2.34. The van der Waals surface area contributed by atoms with Crippen LogP contribution in [-0.2, 0) is 26.1 Å². The van der Waals surface area contributed by atoms with E-state index < -0.39 is 28.6 Å². The molecule has 7 nitrogen and oxygen atoms in total. The minimum absolute atomic E-state index is 0.0211. The minimum Gasteiger partial charge on any atom is -0.452 e. The van der Waals surface area contributed by atoms with Crippen LogP contribution in [0.25, 0.3) is 0 Å². The summed E-state index contributed by atoms with van der Waals surface area (Å²) in [5.74, 6) is -1.45. The van der Waals surface area contributed by atoms with E-state index in [4.69, 9.17) is 8.92 Å². The van der Waals surface area contributed by atoms with Crippen LogP contribution < -0.4 is 9.50 Å². The monoisotopic (exact) mass is 493 g/mol. The maximum absolute atomic E-state index is 12.9. The standard InChI is InChI=1S/C27H27NO6S/c1-18-14-15-19(2)25(16-18)35(31,32)34-24-13-6-5-11-22(24)27(30)33-17-26(29)28-23-12-7-9-20-8-3-4-10-21(20)23/h3-6,8,10-11,13-16,23H,7,9,12,17H2,1-2H3,(H,28,29)/t23-/m1/s1. The molecule has 0 aliphatic heterocycles. The molecule has 1 amide bonds.